The summed E-state index contributed by atoms with van der Waals surface area (Å²) in [5.74, 6) is -1.64. The third-order valence-electron chi connectivity index (χ3n) is 5.56. The first-order valence-corrected chi connectivity index (χ1v) is 11.4. The van der Waals surface area contributed by atoms with Gasteiger partial charge in [-0.3, -0.25) is 14.4 Å². The number of hydrazone groups is 1. The lowest BCUT2D eigenvalue weighted by Crippen LogP contribution is -2.32. The molecule has 3 aromatic rings. The van der Waals surface area contributed by atoms with E-state index in [1.54, 1.807) is 36.4 Å². The molecule has 8 heteroatoms. The number of nitrogens with one attached hydrogen (secondary N) is 3. The van der Waals surface area contributed by atoms with Crippen LogP contribution in [0.1, 0.15) is 33.4 Å². The van der Waals surface area contributed by atoms with Crippen molar-refractivity contribution in [2.75, 3.05) is 17.2 Å². The lowest BCUT2D eigenvalue weighted by Gasteiger charge is -2.14. The predicted molar refractivity (Wildman–Crippen MR) is 142 cm³/mol. The Hall–Kier alpha value is -4.46. The zero-order chi connectivity index (χ0) is 26.2. The number of para-hydroxylation sites is 1. The summed E-state index contributed by atoms with van der Waals surface area (Å²) in [5.41, 5.74) is 9.19. The van der Waals surface area contributed by atoms with Crippen molar-refractivity contribution in [1.29, 1.82) is 0 Å². The minimum absolute atomic E-state index is 0.206. The number of carbonyl (C=O) groups is 3. The largest absolute Gasteiger partial charge is 0.483 e. The van der Waals surface area contributed by atoms with Crippen LogP contribution in [0.2, 0.25) is 0 Å². The van der Waals surface area contributed by atoms with Gasteiger partial charge in [-0.25, -0.2) is 5.43 Å². The second kappa shape index (κ2) is 11.8. The molecule has 0 aliphatic rings. The third-order valence-corrected chi connectivity index (χ3v) is 5.56. The average molecular weight is 487 g/mol. The highest BCUT2D eigenvalue weighted by Crippen LogP contribution is 2.22. The minimum Gasteiger partial charge on any atom is -0.483 e. The Labute approximate surface area is 210 Å². The standard InChI is InChI=1S/C28H30N4O4/c1-17-12-20(4)26(21(5)13-17)31-25(33)16-36-24-9-7-6-8-22(24)15-29-32-28(35)27(34)30-23-11-10-18(2)19(3)14-23/h6-15H,16H2,1-5H3,(H,30,34)(H,31,33)(H,32,35)/b29-15-. The van der Waals surface area contributed by atoms with E-state index in [-0.39, 0.29) is 12.5 Å². The van der Waals surface area contributed by atoms with E-state index in [1.165, 1.54) is 6.21 Å². The monoisotopic (exact) mass is 486 g/mol. The summed E-state index contributed by atoms with van der Waals surface area (Å²) in [6.07, 6.45) is 1.35. The second-order valence-corrected chi connectivity index (χ2v) is 8.60. The summed E-state index contributed by atoms with van der Waals surface area (Å²) >= 11 is 0. The number of carbonyl (C=O) groups excluding carboxylic acids is 3. The first kappa shape index (κ1) is 26.2. The van der Waals surface area contributed by atoms with E-state index >= 15 is 0 Å². The topological polar surface area (TPSA) is 109 Å². The maximum atomic E-state index is 12.5. The molecular weight excluding hydrogens is 456 g/mol. The van der Waals surface area contributed by atoms with Crippen LogP contribution in [0.4, 0.5) is 11.4 Å². The number of aryl methyl sites for hydroxylation is 5. The maximum Gasteiger partial charge on any atom is 0.329 e. The van der Waals surface area contributed by atoms with Crippen molar-refractivity contribution in [3.05, 3.63) is 88.0 Å². The number of nitrogens with zero attached hydrogens (tertiary/aromatic N) is 1. The van der Waals surface area contributed by atoms with Gasteiger partial charge < -0.3 is 15.4 Å². The smallest absolute Gasteiger partial charge is 0.329 e. The summed E-state index contributed by atoms with van der Waals surface area (Å²) in [6, 6.07) is 16.3. The molecule has 0 saturated carbocycles. The van der Waals surface area contributed by atoms with Crippen LogP contribution in [0.5, 0.6) is 5.75 Å². The molecule has 0 radical (unpaired) electrons. The van der Waals surface area contributed by atoms with E-state index in [4.69, 9.17) is 4.74 Å². The van der Waals surface area contributed by atoms with Gasteiger partial charge in [-0.1, -0.05) is 35.9 Å². The van der Waals surface area contributed by atoms with Gasteiger partial charge in [0.1, 0.15) is 5.75 Å². The fraction of sp³-hybridized carbons (Fsp3) is 0.214. The number of benzene rings is 3. The van der Waals surface area contributed by atoms with Gasteiger partial charge in [0.15, 0.2) is 6.61 Å². The number of ether oxygens (including phenoxy) is 1. The molecule has 8 nitrogen and oxygen atoms in total. The SMILES string of the molecule is Cc1cc(C)c(NC(=O)COc2ccccc2/C=N\NC(=O)C(=O)Nc2ccc(C)c(C)c2)c(C)c1. The van der Waals surface area contributed by atoms with Crippen LogP contribution < -0.4 is 20.8 Å². The minimum atomic E-state index is -0.911. The van der Waals surface area contributed by atoms with Crippen molar-refractivity contribution in [2.24, 2.45) is 5.10 Å². The fourth-order valence-electron chi connectivity index (χ4n) is 3.63. The van der Waals surface area contributed by atoms with Crippen LogP contribution in [0.25, 0.3) is 0 Å². The van der Waals surface area contributed by atoms with Crippen LogP contribution in [0, 0.1) is 34.6 Å². The summed E-state index contributed by atoms with van der Waals surface area (Å²) in [6.45, 7) is 9.57. The van der Waals surface area contributed by atoms with E-state index in [9.17, 15) is 14.4 Å². The molecular formula is C28H30N4O4. The number of hydrogen-bond donors (Lipinski definition) is 3. The van der Waals surface area contributed by atoms with E-state index in [1.807, 2.05) is 52.8 Å². The maximum absolute atomic E-state index is 12.5. The van der Waals surface area contributed by atoms with Gasteiger partial charge in [0, 0.05) is 16.9 Å². The first-order chi connectivity index (χ1) is 17.1. The van der Waals surface area contributed by atoms with E-state index in [2.05, 4.69) is 21.2 Å². The van der Waals surface area contributed by atoms with Crippen molar-refractivity contribution in [2.45, 2.75) is 34.6 Å². The average Bonchev–Trinajstić information content (AvgIpc) is 2.83. The van der Waals surface area contributed by atoms with Crippen LogP contribution in [-0.2, 0) is 14.4 Å². The quantitative estimate of drug-likeness (QED) is 0.262. The van der Waals surface area contributed by atoms with Crippen LogP contribution in [0.15, 0.2) is 59.7 Å². The molecule has 0 fully saturated rings. The number of anilines is 2. The molecule has 3 aromatic carbocycles. The highest BCUT2D eigenvalue weighted by Gasteiger charge is 2.14. The van der Waals surface area contributed by atoms with Gasteiger partial charge >= 0.3 is 11.8 Å². The van der Waals surface area contributed by atoms with Gasteiger partial charge in [-0.15, -0.1) is 0 Å². The Kier molecular flexibility index (Phi) is 8.57. The van der Waals surface area contributed by atoms with Crippen LogP contribution in [-0.4, -0.2) is 30.5 Å². The molecule has 0 aliphatic carbocycles. The summed E-state index contributed by atoms with van der Waals surface area (Å²) < 4.78 is 5.68. The molecule has 0 saturated heterocycles. The van der Waals surface area contributed by atoms with E-state index < -0.39 is 11.8 Å². The number of hydrogen-bond acceptors (Lipinski definition) is 5. The Balaban J connectivity index is 1.56. The molecule has 0 atom stereocenters. The van der Waals surface area contributed by atoms with Gasteiger partial charge in [-0.05, 0) is 81.1 Å². The van der Waals surface area contributed by atoms with Gasteiger partial charge in [0.05, 0.1) is 6.21 Å². The number of rotatable bonds is 7. The third kappa shape index (κ3) is 7.02. The molecule has 0 bridgehead atoms. The Morgan fingerprint density at radius 2 is 1.50 bits per heavy atom. The zero-order valence-corrected chi connectivity index (χ0v) is 21.1. The van der Waals surface area contributed by atoms with Crippen LogP contribution >= 0.6 is 0 Å². The molecule has 0 heterocycles. The van der Waals surface area contributed by atoms with E-state index in [0.717, 1.165) is 33.5 Å². The molecule has 186 valence electrons. The normalized spacial score (nSPS) is 10.7. The molecule has 3 rings (SSSR count). The van der Waals surface area contributed by atoms with Crippen molar-refractivity contribution < 1.29 is 19.1 Å². The predicted octanol–water partition coefficient (Wildman–Crippen LogP) is 4.34. The fourth-order valence-corrected chi connectivity index (χ4v) is 3.63. The molecule has 3 N–H and O–H groups in total. The lowest BCUT2D eigenvalue weighted by molar-refractivity contribution is -0.136. The van der Waals surface area contributed by atoms with Crippen molar-refractivity contribution in [1.82, 2.24) is 5.43 Å². The van der Waals surface area contributed by atoms with E-state index in [0.29, 0.717) is 17.0 Å². The van der Waals surface area contributed by atoms with Gasteiger partial charge in [-0.2, -0.15) is 5.10 Å². The molecule has 3 amide bonds. The lowest BCUT2D eigenvalue weighted by atomic mass is 10.1. The van der Waals surface area contributed by atoms with Gasteiger partial charge in [0.2, 0.25) is 0 Å². The summed E-state index contributed by atoms with van der Waals surface area (Å²) in [5, 5.41) is 9.29. The summed E-state index contributed by atoms with van der Waals surface area (Å²) in [7, 11) is 0. The molecule has 0 aromatic heterocycles. The summed E-state index contributed by atoms with van der Waals surface area (Å²) in [4.78, 5) is 36.7. The molecule has 0 aliphatic heterocycles. The Morgan fingerprint density at radius 3 is 2.19 bits per heavy atom. The molecule has 36 heavy (non-hydrogen) atoms. The Bertz CT molecular complexity index is 1310. The number of amides is 3. The molecule has 0 spiro atoms. The van der Waals surface area contributed by atoms with Crippen molar-refractivity contribution in [3.63, 3.8) is 0 Å². The zero-order valence-electron chi connectivity index (χ0n) is 21.1. The molecule has 0 unspecified atom stereocenters. The van der Waals surface area contributed by atoms with Gasteiger partial charge in [0.25, 0.3) is 5.91 Å². The first-order valence-electron chi connectivity index (χ1n) is 11.4. The van der Waals surface area contributed by atoms with Crippen molar-refractivity contribution in [3.8, 4) is 5.75 Å². The Morgan fingerprint density at radius 1 is 0.806 bits per heavy atom. The van der Waals surface area contributed by atoms with Crippen molar-refractivity contribution >= 4 is 35.3 Å². The highest BCUT2D eigenvalue weighted by molar-refractivity contribution is 6.39. The second-order valence-electron chi connectivity index (χ2n) is 8.60. The van der Waals surface area contributed by atoms with Crippen LogP contribution in [0.3, 0.4) is 0 Å². The highest BCUT2D eigenvalue weighted by atomic mass is 16.5.